The average molecular weight is 140 g/mol. The van der Waals surface area contributed by atoms with E-state index in [4.69, 9.17) is 0 Å². The molecule has 0 fully saturated rings. The van der Waals surface area contributed by atoms with Gasteiger partial charge in [-0.3, -0.25) is 0 Å². The largest absolute Gasteiger partial charge is 0.379 e. The molecular formula is C6H3FNO2+. The molecule has 1 rings (SSSR count). The smallest absolute Gasteiger partial charge is 0.246 e. The van der Waals surface area contributed by atoms with E-state index in [1.54, 1.807) is 0 Å². The van der Waals surface area contributed by atoms with Crippen LogP contribution >= 0.6 is 0 Å². The van der Waals surface area contributed by atoms with E-state index in [0.29, 0.717) is 0 Å². The molecule has 0 aromatic carbocycles. The zero-order valence-electron chi connectivity index (χ0n) is 4.87. The molecule has 1 aliphatic rings. The third kappa shape index (κ3) is 1.24. The molecule has 4 heteroatoms. The van der Waals surface area contributed by atoms with E-state index in [2.05, 4.69) is 6.08 Å². The summed E-state index contributed by atoms with van der Waals surface area (Å²) >= 11 is 0. The minimum absolute atomic E-state index is 0.151. The Labute approximate surface area is 56.3 Å². The number of allylic oxidation sites excluding steroid dienone is 5. The fourth-order valence-corrected chi connectivity index (χ4v) is 0.511. The minimum atomic E-state index is -0.601. The summed E-state index contributed by atoms with van der Waals surface area (Å²) in [5.74, 6) is -0.592. The van der Waals surface area contributed by atoms with Gasteiger partial charge in [0.2, 0.25) is 0 Å². The van der Waals surface area contributed by atoms with E-state index in [9.17, 15) is 14.5 Å². The molecule has 0 N–H and O–H groups in total. The number of hydrogen-bond donors (Lipinski definition) is 0. The first-order chi connectivity index (χ1) is 4.70. The lowest BCUT2D eigenvalue weighted by molar-refractivity contribution is -0.419. The summed E-state index contributed by atoms with van der Waals surface area (Å²) in [6.07, 6.45) is 5.16. The summed E-state index contributed by atoms with van der Waals surface area (Å²) in [6.45, 7) is 0. The van der Waals surface area contributed by atoms with Crippen molar-refractivity contribution in [2.75, 3.05) is 0 Å². The highest BCUT2D eigenvalue weighted by Crippen LogP contribution is 2.09. The third-order valence-corrected chi connectivity index (χ3v) is 0.969. The lowest BCUT2D eigenvalue weighted by Crippen LogP contribution is -1.96. The number of hydrogen-bond acceptors (Lipinski definition) is 2. The van der Waals surface area contributed by atoms with Crippen LogP contribution in [-0.2, 0) is 0 Å². The maximum atomic E-state index is 12.1. The summed E-state index contributed by atoms with van der Waals surface area (Å²) < 4.78 is 12.1. The molecule has 0 amide bonds. The summed E-state index contributed by atoms with van der Waals surface area (Å²) in [6, 6.07) is 0. The molecular weight excluding hydrogens is 137 g/mol. The maximum absolute atomic E-state index is 12.1. The van der Waals surface area contributed by atoms with Gasteiger partial charge in [0.1, 0.15) is 11.0 Å². The SMILES string of the molecule is O=[N+]([O-])C1=C[C+]=C(F)C=C1. The van der Waals surface area contributed by atoms with Crippen LogP contribution in [0.4, 0.5) is 4.39 Å². The lowest BCUT2D eigenvalue weighted by atomic mass is 10.2. The van der Waals surface area contributed by atoms with Gasteiger partial charge in [-0.25, -0.2) is 10.1 Å². The molecule has 3 nitrogen and oxygen atoms in total. The predicted molar refractivity (Wildman–Crippen MR) is 32.1 cm³/mol. The zero-order chi connectivity index (χ0) is 7.56. The summed E-state index contributed by atoms with van der Waals surface area (Å²) in [4.78, 5) is 9.37. The average Bonchev–Trinajstić information content (AvgIpc) is 1.88. The first-order valence-electron chi connectivity index (χ1n) is 2.52. The Morgan fingerprint density at radius 3 is 2.70 bits per heavy atom. The van der Waals surface area contributed by atoms with E-state index in [1.165, 1.54) is 0 Å². The zero-order valence-corrected chi connectivity index (χ0v) is 4.87. The van der Waals surface area contributed by atoms with Crippen molar-refractivity contribution < 1.29 is 9.31 Å². The molecule has 0 saturated carbocycles. The Morgan fingerprint density at radius 2 is 2.30 bits per heavy atom. The van der Waals surface area contributed by atoms with Gasteiger partial charge >= 0.3 is 5.70 Å². The van der Waals surface area contributed by atoms with Crippen molar-refractivity contribution in [1.82, 2.24) is 0 Å². The lowest BCUT2D eigenvalue weighted by Gasteiger charge is -1.82. The van der Waals surface area contributed by atoms with Gasteiger partial charge in [0.25, 0.3) is 5.83 Å². The highest BCUT2D eigenvalue weighted by atomic mass is 19.1. The van der Waals surface area contributed by atoms with Crippen molar-refractivity contribution in [2.24, 2.45) is 0 Å². The highest BCUT2D eigenvalue weighted by molar-refractivity contribution is 5.27. The summed E-state index contributed by atoms with van der Waals surface area (Å²) in [5, 5.41) is 9.98. The van der Waals surface area contributed by atoms with Gasteiger partial charge < -0.3 is 0 Å². The van der Waals surface area contributed by atoms with Crippen LogP contribution in [-0.4, -0.2) is 4.92 Å². The van der Waals surface area contributed by atoms with Crippen molar-refractivity contribution in [3.63, 3.8) is 0 Å². The predicted octanol–water partition coefficient (Wildman–Crippen LogP) is 1.37. The first kappa shape index (κ1) is 6.58. The molecule has 50 valence electrons. The van der Waals surface area contributed by atoms with Gasteiger partial charge in [-0.15, -0.1) is 0 Å². The molecule has 0 aliphatic heterocycles. The van der Waals surface area contributed by atoms with Crippen LogP contribution in [0.1, 0.15) is 0 Å². The van der Waals surface area contributed by atoms with Crippen molar-refractivity contribution in [3.8, 4) is 0 Å². The Kier molecular flexibility index (Phi) is 1.56. The van der Waals surface area contributed by atoms with Crippen LogP contribution in [0.15, 0.2) is 29.8 Å². The highest BCUT2D eigenvalue weighted by Gasteiger charge is 2.18. The first-order valence-corrected chi connectivity index (χ1v) is 2.52. The maximum Gasteiger partial charge on any atom is 0.379 e. The van der Waals surface area contributed by atoms with Crippen LogP contribution in [0, 0.1) is 16.2 Å². The standard InChI is InChI=1S/C6H3FNO2/c7-5-1-3-6(4-2-5)8(9)10/h1,3-4H/q+1. The summed E-state index contributed by atoms with van der Waals surface area (Å²) in [5.41, 5.74) is -0.151. The van der Waals surface area contributed by atoms with Gasteiger partial charge in [0.05, 0.1) is 12.2 Å². The quantitative estimate of drug-likeness (QED) is 0.313. The normalized spacial score (nSPS) is 15.3. The van der Waals surface area contributed by atoms with E-state index in [1.807, 2.05) is 0 Å². The number of nitrogens with zero attached hydrogens (tertiary/aromatic N) is 1. The van der Waals surface area contributed by atoms with Gasteiger partial charge in [-0.05, 0) is 0 Å². The molecule has 10 heavy (non-hydrogen) atoms. The Hall–Kier alpha value is -1.54. The second kappa shape index (κ2) is 2.37. The molecule has 0 bridgehead atoms. The van der Waals surface area contributed by atoms with Gasteiger partial charge in [0.15, 0.2) is 6.08 Å². The Balaban J connectivity index is 2.88. The molecule has 0 saturated heterocycles. The molecule has 0 aromatic rings. The van der Waals surface area contributed by atoms with Crippen molar-refractivity contribution >= 4 is 0 Å². The van der Waals surface area contributed by atoms with E-state index in [0.717, 1.165) is 18.2 Å². The molecule has 0 radical (unpaired) electrons. The molecule has 0 unspecified atom stereocenters. The van der Waals surface area contributed by atoms with E-state index >= 15 is 0 Å². The van der Waals surface area contributed by atoms with Gasteiger partial charge in [0, 0.05) is 0 Å². The Morgan fingerprint density at radius 1 is 1.60 bits per heavy atom. The van der Waals surface area contributed by atoms with Crippen LogP contribution < -0.4 is 0 Å². The van der Waals surface area contributed by atoms with E-state index in [-0.39, 0.29) is 5.70 Å². The van der Waals surface area contributed by atoms with Crippen LogP contribution in [0.5, 0.6) is 0 Å². The van der Waals surface area contributed by atoms with Crippen molar-refractivity contribution in [2.45, 2.75) is 0 Å². The van der Waals surface area contributed by atoms with Gasteiger partial charge in [-0.2, -0.15) is 4.39 Å². The fourth-order valence-electron chi connectivity index (χ4n) is 0.511. The number of nitro groups is 1. The van der Waals surface area contributed by atoms with Crippen molar-refractivity contribution in [1.29, 1.82) is 0 Å². The summed E-state index contributed by atoms with van der Waals surface area (Å²) in [7, 11) is 0. The molecule has 0 atom stereocenters. The molecule has 0 heterocycles. The second-order valence-corrected chi connectivity index (χ2v) is 1.65. The van der Waals surface area contributed by atoms with Gasteiger partial charge in [-0.1, -0.05) is 0 Å². The molecule has 0 aromatic heterocycles. The monoisotopic (exact) mass is 140 g/mol. The Bertz CT molecular complexity index is 252. The topological polar surface area (TPSA) is 43.1 Å². The van der Waals surface area contributed by atoms with Crippen molar-refractivity contribution in [3.05, 3.63) is 45.9 Å². The van der Waals surface area contributed by atoms with Crippen LogP contribution in [0.25, 0.3) is 0 Å². The molecule has 0 spiro atoms. The van der Waals surface area contributed by atoms with Crippen LogP contribution in [0.3, 0.4) is 0 Å². The van der Waals surface area contributed by atoms with E-state index < -0.39 is 10.8 Å². The minimum Gasteiger partial charge on any atom is -0.246 e. The number of rotatable bonds is 1. The third-order valence-electron chi connectivity index (χ3n) is 0.969. The second-order valence-electron chi connectivity index (χ2n) is 1.65. The fraction of sp³-hybridized carbons (Fsp3) is 0. The number of halogens is 1. The molecule has 1 aliphatic carbocycles. The van der Waals surface area contributed by atoms with Crippen LogP contribution in [0.2, 0.25) is 0 Å².